The minimum atomic E-state index is -0.00717. The van der Waals surface area contributed by atoms with Crippen LogP contribution in [0.3, 0.4) is 0 Å². The number of amidine groups is 1. The Morgan fingerprint density at radius 2 is 1.96 bits per heavy atom. The molecule has 1 fully saturated rings. The number of benzene rings is 1. The topological polar surface area (TPSA) is 51.1 Å². The zero-order valence-corrected chi connectivity index (χ0v) is 16.5. The predicted molar refractivity (Wildman–Crippen MR) is 104 cm³/mol. The fourth-order valence-corrected chi connectivity index (χ4v) is 3.69. The van der Waals surface area contributed by atoms with Crippen molar-refractivity contribution >= 4 is 28.9 Å². The van der Waals surface area contributed by atoms with E-state index in [-0.39, 0.29) is 18.0 Å². The van der Waals surface area contributed by atoms with Crippen LogP contribution in [0, 0.1) is 0 Å². The van der Waals surface area contributed by atoms with Gasteiger partial charge in [-0.15, -0.1) is 0 Å². The third-order valence-corrected chi connectivity index (χ3v) is 4.50. The van der Waals surface area contributed by atoms with Crippen molar-refractivity contribution in [2.75, 3.05) is 13.7 Å². The first-order chi connectivity index (χ1) is 11.9. The molecule has 0 spiro atoms. The molecule has 2 rings (SSSR count). The molecule has 25 heavy (non-hydrogen) atoms. The summed E-state index contributed by atoms with van der Waals surface area (Å²) in [5, 5.41) is 0.763. The van der Waals surface area contributed by atoms with Crippen LogP contribution < -0.4 is 9.47 Å². The summed E-state index contributed by atoms with van der Waals surface area (Å²) in [6.45, 7) is 10.5. The van der Waals surface area contributed by atoms with Gasteiger partial charge in [0.15, 0.2) is 16.7 Å². The third kappa shape index (κ3) is 4.57. The lowest BCUT2D eigenvalue weighted by atomic mass is 10.2. The van der Waals surface area contributed by atoms with Crippen molar-refractivity contribution < 1.29 is 14.3 Å². The quantitative estimate of drug-likeness (QED) is 0.712. The van der Waals surface area contributed by atoms with Gasteiger partial charge >= 0.3 is 0 Å². The molecule has 0 saturated carbocycles. The summed E-state index contributed by atoms with van der Waals surface area (Å²) >= 11 is 1.42. The molecular formula is C19H26N2O3S. The second-order valence-corrected chi connectivity index (χ2v) is 7.24. The highest BCUT2D eigenvalue weighted by Crippen LogP contribution is 2.35. The Balaban J connectivity index is 2.36. The Morgan fingerprint density at radius 3 is 2.52 bits per heavy atom. The van der Waals surface area contributed by atoms with Gasteiger partial charge in [0.1, 0.15) is 0 Å². The summed E-state index contributed by atoms with van der Waals surface area (Å²) in [6, 6.07) is 5.87. The van der Waals surface area contributed by atoms with Crippen LogP contribution in [0.25, 0.3) is 6.08 Å². The predicted octanol–water partition coefficient (Wildman–Crippen LogP) is 4.18. The molecule has 1 amide bonds. The fourth-order valence-electron chi connectivity index (χ4n) is 2.45. The van der Waals surface area contributed by atoms with E-state index in [0.29, 0.717) is 23.0 Å². The van der Waals surface area contributed by atoms with Crippen molar-refractivity contribution in [3.63, 3.8) is 0 Å². The first kappa shape index (κ1) is 19.4. The number of carbonyl (C=O) groups is 1. The number of rotatable bonds is 6. The van der Waals surface area contributed by atoms with Crippen molar-refractivity contribution in [3.8, 4) is 11.5 Å². The lowest BCUT2D eigenvalue weighted by molar-refractivity contribution is -0.123. The van der Waals surface area contributed by atoms with E-state index >= 15 is 0 Å². The van der Waals surface area contributed by atoms with E-state index in [1.54, 1.807) is 12.0 Å². The van der Waals surface area contributed by atoms with Gasteiger partial charge in [-0.3, -0.25) is 14.7 Å². The highest BCUT2D eigenvalue weighted by atomic mass is 32.2. The van der Waals surface area contributed by atoms with E-state index in [4.69, 9.17) is 9.47 Å². The largest absolute Gasteiger partial charge is 0.493 e. The van der Waals surface area contributed by atoms with E-state index in [1.807, 2.05) is 58.9 Å². The minimum absolute atomic E-state index is 0.00717. The summed E-state index contributed by atoms with van der Waals surface area (Å²) in [7, 11) is 1.61. The summed E-state index contributed by atoms with van der Waals surface area (Å²) in [5.41, 5.74) is 0.894. The maximum absolute atomic E-state index is 12.8. The van der Waals surface area contributed by atoms with Gasteiger partial charge in [-0.05, 0) is 70.2 Å². The highest BCUT2D eigenvalue weighted by Gasteiger charge is 2.35. The van der Waals surface area contributed by atoms with Gasteiger partial charge in [-0.2, -0.15) is 0 Å². The van der Waals surface area contributed by atoms with Gasteiger partial charge in [0.2, 0.25) is 0 Å². The molecule has 1 aromatic carbocycles. The lowest BCUT2D eigenvalue weighted by Crippen LogP contribution is -2.35. The molecular weight excluding hydrogens is 336 g/mol. The molecule has 1 aliphatic heterocycles. The van der Waals surface area contributed by atoms with Crippen LogP contribution in [0.2, 0.25) is 0 Å². The van der Waals surface area contributed by atoms with Gasteiger partial charge in [0.05, 0.1) is 18.6 Å². The van der Waals surface area contributed by atoms with Gasteiger partial charge in [0, 0.05) is 12.1 Å². The van der Waals surface area contributed by atoms with Crippen LogP contribution in [0.1, 0.15) is 40.2 Å². The minimum Gasteiger partial charge on any atom is -0.493 e. The van der Waals surface area contributed by atoms with Crippen LogP contribution in [-0.2, 0) is 4.79 Å². The third-order valence-electron chi connectivity index (χ3n) is 3.51. The van der Waals surface area contributed by atoms with Crippen LogP contribution in [0.15, 0.2) is 28.1 Å². The van der Waals surface area contributed by atoms with E-state index < -0.39 is 0 Å². The van der Waals surface area contributed by atoms with Gasteiger partial charge < -0.3 is 9.47 Å². The Labute approximate surface area is 154 Å². The number of hydrogen-bond donors (Lipinski definition) is 0. The number of ether oxygens (including phenoxy) is 2. The molecule has 0 N–H and O–H groups in total. The summed E-state index contributed by atoms with van der Waals surface area (Å²) in [6.07, 6.45) is 1.88. The van der Waals surface area contributed by atoms with Crippen molar-refractivity contribution in [2.24, 2.45) is 4.99 Å². The molecule has 0 bridgehead atoms. The van der Waals surface area contributed by atoms with Crippen molar-refractivity contribution in [1.82, 2.24) is 4.90 Å². The van der Waals surface area contributed by atoms with Gasteiger partial charge in [-0.25, -0.2) is 0 Å². The number of nitrogens with zero attached hydrogens (tertiary/aromatic N) is 2. The Bertz CT molecular complexity index is 696. The van der Waals surface area contributed by atoms with Crippen molar-refractivity contribution in [2.45, 2.75) is 46.7 Å². The van der Waals surface area contributed by atoms with E-state index in [0.717, 1.165) is 10.7 Å². The number of carbonyl (C=O) groups excluding carboxylic acids is 1. The second kappa shape index (κ2) is 8.43. The molecule has 136 valence electrons. The number of hydrogen-bond acceptors (Lipinski definition) is 5. The first-order valence-electron chi connectivity index (χ1n) is 8.49. The highest BCUT2D eigenvalue weighted by molar-refractivity contribution is 8.18. The van der Waals surface area contributed by atoms with E-state index in [2.05, 4.69) is 4.99 Å². The summed E-state index contributed by atoms with van der Waals surface area (Å²) in [5.74, 6) is 1.35. The molecule has 0 radical (unpaired) electrons. The molecule has 1 aliphatic rings. The zero-order chi connectivity index (χ0) is 18.6. The summed E-state index contributed by atoms with van der Waals surface area (Å²) in [4.78, 5) is 19.8. The smallest absolute Gasteiger partial charge is 0.266 e. The van der Waals surface area contributed by atoms with Crippen molar-refractivity contribution in [3.05, 3.63) is 28.7 Å². The Hall–Kier alpha value is -1.95. The van der Waals surface area contributed by atoms with E-state index in [9.17, 15) is 4.79 Å². The maximum atomic E-state index is 12.8. The first-order valence-corrected chi connectivity index (χ1v) is 9.30. The Kier molecular flexibility index (Phi) is 6.53. The summed E-state index contributed by atoms with van der Waals surface area (Å²) < 4.78 is 10.9. The molecule has 0 aliphatic carbocycles. The number of aliphatic imine (C=N–C) groups is 1. The molecule has 0 unspecified atom stereocenters. The second-order valence-electron chi connectivity index (χ2n) is 6.23. The average molecular weight is 362 g/mol. The molecule has 6 heteroatoms. The normalized spacial score (nSPS) is 18.1. The van der Waals surface area contributed by atoms with Crippen LogP contribution in [0.4, 0.5) is 0 Å². The lowest BCUT2D eigenvalue weighted by Gasteiger charge is -2.20. The average Bonchev–Trinajstić information content (AvgIpc) is 2.83. The Morgan fingerprint density at radius 1 is 1.24 bits per heavy atom. The van der Waals surface area contributed by atoms with Crippen molar-refractivity contribution in [1.29, 1.82) is 0 Å². The van der Waals surface area contributed by atoms with Crippen LogP contribution in [-0.4, -0.2) is 41.8 Å². The molecule has 1 saturated heterocycles. The fraction of sp³-hybridized carbons (Fsp3) is 0.474. The molecule has 0 aromatic heterocycles. The van der Waals surface area contributed by atoms with Gasteiger partial charge in [0.25, 0.3) is 5.91 Å². The molecule has 5 nitrogen and oxygen atoms in total. The molecule has 0 atom stereocenters. The van der Waals surface area contributed by atoms with Crippen LogP contribution in [0.5, 0.6) is 11.5 Å². The monoisotopic (exact) mass is 362 g/mol. The molecule has 1 aromatic rings. The maximum Gasteiger partial charge on any atom is 0.266 e. The van der Waals surface area contributed by atoms with E-state index in [1.165, 1.54) is 11.8 Å². The number of methoxy groups -OCH3 is 1. The molecule has 1 heterocycles. The SMILES string of the molecule is CCOc1ccc(C=C2SC(=NC(C)C)N(C(C)C)C2=O)cc1OC. The van der Waals surface area contributed by atoms with Gasteiger partial charge in [-0.1, -0.05) is 6.07 Å². The number of amides is 1. The number of thioether (sulfide) groups is 1. The standard InChI is InChI=1S/C19H26N2O3S/c1-7-24-15-9-8-14(10-16(15)23-6)11-17-18(22)21(13(4)5)19(25-17)20-12(2)3/h8-13H,7H2,1-6H3. The zero-order valence-electron chi connectivity index (χ0n) is 15.7. The van der Waals surface area contributed by atoms with Crippen LogP contribution >= 0.6 is 11.8 Å².